The summed E-state index contributed by atoms with van der Waals surface area (Å²) in [5.74, 6) is 1.85. The average molecular weight is 831 g/mol. The summed E-state index contributed by atoms with van der Waals surface area (Å²) in [6.45, 7) is 4.75. The van der Waals surface area contributed by atoms with Crippen molar-refractivity contribution in [2.24, 2.45) is 0 Å². The first-order valence-corrected chi connectivity index (χ1v) is 22.4. The Morgan fingerprint density at radius 1 is 0.308 bits per heavy atom. The first kappa shape index (κ1) is 37.2. The number of fused-ring (bicyclic) bond motifs is 9. The van der Waals surface area contributed by atoms with Gasteiger partial charge in [0.2, 0.25) is 0 Å². The Balaban J connectivity index is 0.779. The van der Waals surface area contributed by atoms with Crippen molar-refractivity contribution in [2.75, 3.05) is 0 Å². The number of hydrogen-bond donors (Lipinski definition) is 0. The van der Waals surface area contributed by atoms with Gasteiger partial charge in [-0.05, 0) is 140 Å². The monoisotopic (exact) mass is 830 g/mol. The number of nitrogens with zero attached hydrogens (tertiary/aromatic N) is 4. The summed E-state index contributed by atoms with van der Waals surface area (Å²) in [4.78, 5) is 9.38. The third kappa shape index (κ3) is 5.84. The molecule has 0 saturated heterocycles. The van der Waals surface area contributed by atoms with E-state index < -0.39 is 0 Å². The van der Waals surface area contributed by atoms with Crippen LogP contribution in [0.3, 0.4) is 0 Å². The number of para-hydroxylation sites is 2. The molecular weight excluding hydrogens is 789 g/mol. The molecule has 12 aromatic rings. The predicted octanol–water partition coefficient (Wildman–Crippen LogP) is 15.6. The second kappa shape index (κ2) is 14.3. The minimum Gasteiger partial charge on any atom is -0.294 e. The molecular formula is C61H42N4. The van der Waals surface area contributed by atoms with Crippen LogP contribution in [0.25, 0.3) is 111 Å². The number of hydrogen-bond acceptors (Lipinski definition) is 2. The lowest BCUT2D eigenvalue weighted by Crippen LogP contribution is -2.15. The molecule has 4 heteroatoms. The largest absolute Gasteiger partial charge is 0.294 e. The van der Waals surface area contributed by atoms with Crippen LogP contribution in [-0.4, -0.2) is 19.1 Å². The van der Waals surface area contributed by atoms with Crippen LogP contribution in [-0.2, 0) is 5.41 Å². The fourth-order valence-electron chi connectivity index (χ4n) is 10.6. The molecule has 4 nitrogen and oxygen atoms in total. The highest BCUT2D eigenvalue weighted by molar-refractivity contribution is 6.11. The van der Waals surface area contributed by atoms with E-state index in [2.05, 4.69) is 205 Å². The minimum absolute atomic E-state index is 0.149. The first-order valence-electron chi connectivity index (χ1n) is 22.4. The van der Waals surface area contributed by atoms with Crippen LogP contribution in [0.1, 0.15) is 25.0 Å². The molecule has 0 atom stereocenters. The number of pyridine rings is 2. The van der Waals surface area contributed by atoms with Gasteiger partial charge in [0, 0.05) is 39.4 Å². The molecule has 1 aliphatic rings. The molecule has 4 heterocycles. The van der Waals surface area contributed by atoms with Crippen molar-refractivity contribution in [3.63, 3.8) is 0 Å². The topological polar surface area (TPSA) is 35.6 Å². The molecule has 1 aliphatic carbocycles. The maximum Gasteiger partial charge on any atom is 0.137 e. The van der Waals surface area contributed by atoms with Gasteiger partial charge in [-0.25, -0.2) is 9.97 Å². The number of aromatic nitrogens is 4. The Hall–Kier alpha value is -8.34. The lowest BCUT2D eigenvalue weighted by atomic mass is 9.80. The Bertz CT molecular complexity index is 3570. The molecule has 13 rings (SSSR count). The van der Waals surface area contributed by atoms with Gasteiger partial charge in [-0.3, -0.25) is 9.13 Å². The summed E-state index contributed by atoms with van der Waals surface area (Å²) in [6.07, 6.45) is 3.72. The second-order valence-electron chi connectivity index (χ2n) is 17.8. The fraction of sp³-hybridized carbons (Fsp3) is 0.0492. The van der Waals surface area contributed by atoms with E-state index in [4.69, 9.17) is 9.97 Å². The Morgan fingerprint density at radius 3 is 1.05 bits per heavy atom. The van der Waals surface area contributed by atoms with E-state index in [9.17, 15) is 0 Å². The van der Waals surface area contributed by atoms with Gasteiger partial charge in [-0.15, -0.1) is 0 Å². The number of rotatable bonds is 6. The molecule has 0 N–H and O–H groups in total. The molecule has 0 unspecified atom stereocenters. The van der Waals surface area contributed by atoms with Crippen LogP contribution in [0.2, 0.25) is 0 Å². The molecule has 0 aliphatic heterocycles. The first-order chi connectivity index (χ1) is 32.0. The third-order valence-corrected chi connectivity index (χ3v) is 13.9. The van der Waals surface area contributed by atoms with Gasteiger partial charge in [0.15, 0.2) is 0 Å². The molecule has 65 heavy (non-hydrogen) atoms. The van der Waals surface area contributed by atoms with Crippen molar-refractivity contribution < 1.29 is 0 Å². The molecule has 0 fully saturated rings. The van der Waals surface area contributed by atoms with E-state index in [1.54, 1.807) is 0 Å². The average Bonchev–Trinajstić information content (AvgIpc) is 3.96. The van der Waals surface area contributed by atoms with E-state index in [0.717, 1.165) is 33.7 Å². The van der Waals surface area contributed by atoms with E-state index >= 15 is 0 Å². The molecule has 306 valence electrons. The van der Waals surface area contributed by atoms with Crippen molar-refractivity contribution >= 4 is 43.6 Å². The number of benzene rings is 8. The van der Waals surface area contributed by atoms with Crippen molar-refractivity contribution in [2.45, 2.75) is 19.3 Å². The van der Waals surface area contributed by atoms with E-state index in [1.807, 2.05) is 36.7 Å². The quantitative estimate of drug-likeness (QED) is 0.167. The highest BCUT2D eigenvalue weighted by Gasteiger charge is 2.36. The van der Waals surface area contributed by atoms with Gasteiger partial charge in [-0.1, -0.05) is 147 Å². The van der Waals surface area contributed by atoms with Crippen molar-refractivity contribution in [1.29, 1.82) is 0 Å². The lowest BCUT2D eigenvalue weighted by molar-refractivity contribution is 0.661. The zero-order valence-corrected chi connectivity index (χ0v) is 36.1. The Labute approximate surface area is 377 Å². The standard InChI is InChI=1S/C61H42N4/c1-61(2)53-37-45(41-21-17-39(18-22-41)43-27-31-57-51(35-43)49-11-3-5-13-55(49)64(57)59-15-7-9-33-62-59)25-29-47(53)48-30-26-46(38-54(48)61)42-23-19-40(20-24-42)44-28-32-58-52(36-44)50-12-4-6-14-56(50)65(58)60-16-8-10-34-63-60/h3-38H,1-2H3. The van der Waals surface area contributed by atoms with Gasteiger partial charge in [0.1, 0.15) is 11.6 Å². The SMILES string of the molecule is CC1(C)c2cc(-c3ccc(-c4ccc5c(c4)c4ccccc4n5-c4ccccn4)cc3)ccc2-c2ccc(-c3ccc(-c4ccc5c(c4)c4ccccc4n5-c4ccccn4)cc3)cc21. The Morgan fingerprint density at radius 2 is 0.646 bits per heavy atom. The van der Waals surface area contributed by atoms with Crippen LogP contribution >= 0.6 is 0 Å². The van der Waals surface area contributed by atoms with Crippen molar-refractivity contribution in [3.05, 3.63) is 230 Å². The van der Waals surface area contributed by atoms with E-state index in [1.165, 1.54) is 88.3 Å². The normalized spacial score (nSPS) is 12.9. The second-order valence-corrected chi connectivity index (χ2v) is 17.8. The molecule has 0 radical (unpaired) electrons. The van der Waals surface area contributed by atoms with Crippen LogP contribution in [0, 0.1) is 0 Å². The molecule has 0 saturated carbocycles. The van der Waals surface area contributed by atoms with Gasteiger partial charge >= 0.3 is 0 Å². The Kier molecular flexibility index (Phi) is 8.22. The summed E-state index contributed by atoms with van der Waals surface area (Å²) in [7, 11) is 0. The lowest BCUT2D eigenvalue weighted by Gasteiger charge is -2.22. The van der Waals surface area contributed by atoms with Crippen molar-refractivity contribution in [3.8, 4) is 67.3 Å². The minimum atomic E-state index is -0.149. The summed E-state index contributed by atoms with van der Waals surface area (Å²) >= 11 is 0. The molecule has 8 aromatic carbocycles. The summed E-state index contributed by atoms with van der Waals surface area (Å²) in [5, 5.41) is 4.91. The van der Waals surface area contributed by atoms with Crippen LogP contribution in [0.4, 0.5) is 0 Å². The zero-order valence-electron chi connectivity index (χ0n) is 36.1. The molecule has 0 amide bonds. The molecule has 0 spiro atoms. The van der Waals surface area contributed by atoms with Gasteiger partial charge in [0.05, 0.1) is 22.1 Å². The van der Waals surface area contributed by atoms with Crippen molar-refractivity contribution in [1.82, 2.24) is 19.1 Å². The van der Waals surface area contributed by atoms with E-state index in [-0.39, 0.29) is 5.41 Å². The van der Waals surface area contributed by atoms with Gasteiger partial charge in [0.25, 0.3) is 0 Å². The maximum atomic E-state index is 4.69. The highest BCUT2D eigenvalue weighted by atomic mass is 15.1. The molecule has 0 bridgehead atoms. The summed E-state index contributed by atoms with van der Waals surface area (Å²) in [6, 6.07) is 75.2. The highest BCUT2D eigenvalue weighted by Crippen LogP contribution is 2.51. The maximum absolute atomic E-state index is 4.69. The van der Waals surface area contributed by atoms with E-state index in [0.29, 0.717) is 0 Å². The third-order valence-electron chi connectivity index (χ3n) is 13.9. The van der Waals surface area contributed by atoms with Crippen LogP contribution in [0.15, 0.2) is 219 Å². The predicted molar refractivity (Wildman–Crippen MR) is 270 cm³/mol. The van der Waals surface area contributed by atoms with Gasteiger partial charge in [-0.2, -0.15) is 0 Å². The molecule has 4 aromatic heterocycles. The summed E-state index contributed by atoms with van der Waals surface area (Å²) < 4.78 is 4.52. The smallest absolute Gasteiger partial charge is 0.137 e. The zero-order chi connectivity index (χ0) is 43.2. The fourth-order valence-corrected chi connectivity index (χ4v) is 10.6. The van der Waals surface area contributed by atoms with Crippen LogP contribution < -0.4 is 0 Å². The van der Waals surface area contributed by atoms with Crippen LogP contribution in [0.5, 0.6) is 0 Å². The summed E-state index contributed by atoms with van der Waals surface area (Å²) in [5.41, 5.74) is 19.6. The van der Waals surface area contributed by atoms with Gasteiger partial charge < -0.3 is 0 Å².